The molecule has 4 rings (SSSR count). The summed E-state index contributed by atoms with van der Waals surface area (Å²) >= 11 is 0. The lowest BCUT2D eigenvalue weighted by Gasteiger charge is -2.41. The topological polar surface area (TPSA) is 116 Å². The van der Waals surface area contributed by atoms with E-state index in [1.165, 1.54) is 25.1 Å². The largest absolute Gasteiger partial charge is 0.402 e. The Balaban J connectivity index is 1.36. The summed E-state index contributed by atoms with van der Waals surface area (Å²) in [5, 5.41) is 0. The van der Waals surface area contributed by atoms with Crippen molar-refractivity contribution in [1.82, 2.24) is 9.62 Å². The van der Waals surface area contributed by atoms with Crippen LogP contribution in [-0.4, -0.2) is 63.9 Å². The van der Waals surface area contributed by atoms with E-state index in [0.29, 0.717) is 26.2 Å². The lowest BCUT2D eigenvalue weighted by molar-refractivity contribution is -0.132. The number of aryl methyl sites for hydroxylation is 1. The Morgan fingerprint density at radius 2 is 1.73 bits per heavy atom. The van der Waals surface area contributed by atoms with Crippen LogP contribution in [-0.2, 0) is 26.0 Å². The second-order valence-electron chi connectivity index (χ2n) is 9.41. The van der Waals surface area contributed by atoms with Crippen LogP contribution in [0.15, 0.2) is 59.1 Å². The maximum Gasteiger partial charge on any atom is 0.264 e. The highest BCUT2D eigenvalue weighted by atomic mass is 32.2. The molecule has 2 amide bonds. The second-order valence-corrected chi connectivity index (χ2v) is 11.1. The molecule has 3 N–H and O–H groups in total. The van der Waals surface area contributed by atoms with Gasteiger partial charge in [0, 0.05) is 55.9 Å². The van der Waals surface area contributed by atoms with Gasteiger partial charge < -0.3 is 20.4 Å². The first-order chi connectivity index (χ1) is 17.5. The fourth-order valence-electron chi connectivity index (χ4n) is 4.84. The van der Waals surface area contributed by atoms with Crippen molar-refractivity contribution in [3.05, 3.63) is 65.6 Å². The van der Waals surface area contributed by atoms with Crippen molar-refractivity contribution in [3.8, 4) is 0 Å². The van der Waals surface area contributed by atoms with Gasteiger partial charge in [0.2, 0.25) is 5.91 Å². The van der Waals surface area contributed by atoms with Crippen molar-refractivity contribution >= 4 is 33.2 Å². The molecule has 198 valence electrons. The normalized spacial score (nSPS) is 17.3. The highest BCUT2D eigenvalue weighted by Gasteiger charge is 2.31. The SMILES string of the molecule is CC(N)=CC(=O)NS(=O)(=O)c1ccc(N2CCN(C(=O)[C@@H](C)N3CCCc4cc(F)ccc43)CC2)cc1. The predicted octanol–water partition coefficient (Wildman–Crippen LogP) is 1.98. The smallest absolute Gasteiger partial charge is 0.264 e. The van der Waals surface area contributed by atoms with Gasteiger partial charge in [0.25, 0.3) is 15.9 Å². The number of nitrogens with zero attached hydrogens (tertiary/aromatic N) is 3. The van der Waals surface area contributed by atoms with Gasteiger partial charge in [0.05, 0.1) is 4.90 Å². The average Bonchev–Trinajstić information content (AvgIpc) is 2.86. The monoisotopic (exact) mass is 529 g/mol. The molecule has 2 aliphatic rings. The maximum atomic E-state index is 13.7. The molecule has 2 aliphatic heterocycles. The maximum absolute atomic E-state index is 13.7. The molecular weight excluding hydrogens is 497 g/mol. The van der Waals surface area contributed by atoms with Crippen molar-refractivity contribution in [2.45, 2.75) is 37.6 Å². The Morgan fingerprint density at radius 1 is 1.05 bits per heavy atom. The molecule has 0 aliphatic carbocycles. The van der Waals surface area contributed by atoms with Crippen molar-refractivity contribution in [2.75, 3.05) is 42.5 Å². The molecule has 0 aromatic heterocycles. The molecule has 0 unspecified atom stereocenters. The molecule has 2 heterocycles. The third-order valence-corrected chi connectivity index (χ3v) is 8.08. The molecule has 0 radical (unpaired) electrons. The van der Waals surface area contributed by atoms with Crippen LogP contribution in [0, 0.1) is 5.82 Å². The minimum absolute atomic E-state index is 0.0305. The molecule has 1 fully saturated rings. The molecule has 9 nitrogen and oxygen atoms in total. The van der Waals surface area contributed by atoms with E-state index in [1.54, 1.807) is 24.3 Å². The number of nitrogens with two attached hydrogens (primary N) is 1. The number of carbonyl (C=O) groups is 2. The number of amides is 2. The van der Waals surface area contributed by atoms with Crippen LogP contribution >= 0.6 is 0 Å². The number of carbonyl (C=O) groups excluding carboxylic acids is 2. The van der Waals surface area contributed by atoms with E-state index in [9.17, 15) is 22.4 Å². The summed E-state index contributed by atoms with van der Waals surface area (Å²) in [6.07, 6.45) is 2.69. The second kappa shape index (κ2) is 10.8. The highest BCUT2D eigenvalue weighted by molar-refractivity contribution is 7.90. The van der Waals surface area contributed by atoms with Gasteiger partial charge in [0.15, 0.2) is 0 Å². The molecule has 2 aromatic rings. The number of hydrogen-bond donors (Lipinski definition) is 2. The Kier molecular flexibility index (Phi) is 7.72. The Bertz CT molecular complexity index is 1300. The van der Waals surface area contributed by atoms with Gasteiger partial charge in [-0.15, -0.1) is 0 Å². The quantitative estimate of drug-likeness (QED) is 0.550. The Labute approximate surface area is 216 Å². The fraction of sp³-hybridized carbons (Fsp3) is 0.385. The minimum Gasteiger partial charge on any atom is -0.402 e. The fourth-order valence-corrected chi connectivity index (χ4v) is 5.78. The Hall–Kier alpha value is -3.60. The van der Waals surface area contributed by atoms with Gasteiger partial charge in [0.1, 0.15) is 11.9 Å². The van der Waals surface area contributed by atoms with E-state index < -0.39 is 15.9 Å². The van der Waals surface area contributed by atoms with Crippen LogP contribution in [0.4, 0.5) is 15.8 Å². The number of anilines is 2. The van der Waals surface area contributed by atoms with Crippen LogP contribution in [0.2, 0.25) is 0 Å². The average molecular weight is 530 g/mol. The molecule has 2 aromatic carbocycles. The zero-order valence-electron chi connectivity index (χ0n) is 21.0. The number of halogens is 1. The number of benzene rings is 2. The van der Waals surface area contributed by atoms with Crippen molar-refractivity contribution < 1.29 is 22.4 Å². The zero-order valence-corrected chi connectivity index (χ0v) is 21.8. The summed E-state index contributed by atoms with van der Waals surface area (Å²) in [6, 6.07) is 10.7. The predicted molar refractivity (Wildman–Crippen MR) is 140 cm³/mol. The number of allylic oxidation sites excluding steroid dienone is 1. The minimum atomic E-state index is -4.01. The van der Waals surface area contributed by atoms with Crippen LogP contribution < -0.4 is 20.3 Å². The molecule has 1 saturated heterocycles. The first-order valence-corrected chi connectivity index (χ1v) is 13.7. The molecular formula is C26H32FN5O4S. The van der Waals surface area contributed by atoms with Gasteiger partial charge >= 0.3 is 0 Å². The number of nitrogens with one attached hydrogen (secondary N) is 1. The van der Waals surface area contributed by atoms with E-state index in [4.69, 9.17) is 5.73 Å². The van der Waals surface area contributed by atoms with Crippen molar-refractivity contribution in [2.24, 2.45) is 5.73 Å². The molecule has 11 heteroatoms. The van der Waals surface area contributed by atoms with Gasteiger partial charge in [-0.1, -0.05) is 0 Å². The molecule has 0 spiro atoms. The van der Waals surface area contributed by atoms with Gasteiger partial charge in [-0.05, 0) is 74.7 Å². The summed E-state index contributed by atoms with van der Waals surface area (Å²) in [5.74, 6) is -1.03. The first-order valence-electron chi connectivity index (χ1n) is 12.2. The number of rotatable bonds is 6. The third-order valence-electron chi connectivity index (χ3n) is 6.72. The molecule has 0 bridgehead atoms. The van der Waals surface area contributed by atoms with Gasteiger partial charge in [-0.25, -0.2) is 17.5 Å². The lowest BCUT2D eigenvalue weighted by atomic mass is 9.99. The number of fused-ring (bicyclic) bond motifs is 1. The van der Waals surface area contributed by atoms with E-state index >= 15 is 0 Å². The van der Waals surface area contributed by atoms with Crippen LogP contribution in [0.3, 0.4) is 0 Å². The van der Waals surface area contributed by atoms with Crippen LogP contribution in [0.5, 0.6) is 0 Å². The molecule has 37 heavy (non-hydrogen) atoms. The summed E-state index contributed by atoms with van der Waals surface area (Å²) in [6.45, 7) is 6.42. The molecule has 0 saturated carbocycles. The summed E-state index contributed by atoms with van der Waals surface area (Å²) in [7, 11) is -4.01. The van der Waals surface area contributed by atoms with E-state index in [2.05, 4.69) is 9.80 Å². The van der Waals surface area contributed by atoms with E-state index in [0.717, 1.165) is 42.4 Å². The summed E-state index contributed by atoms with van der Waals surface area (Å²) in [5.41, 5.74) is 8.31. The van der Waals surface area contributed by atoms with Gasteiger partial charge in [-0.2, -0.15) is 0 Å². The summed E-state index contributed by atoms with van der Waals surface area (Å²) < 4.78 is 40.5. The van der Waals surface area contributed by atoms with Crippen LogP contribution in [0.25, 0.3) is 0 Å². The number of hydrogen-bond acceptors (Lipinski definition) is 7. The van der Waals surface area contributed by atoms with E-state index in [1.807, 2.05) is 16.5 Å². The van der Waals surface area contributed by atoms with Crippen molar-refractivity contribution in [3.63, 3.8) is 0 Å². The zero-order chi connectivity index (χ0) is 26.7. The number of sulfonamides is 1. The third kappa shape index (κ3) is 6.04. The van der Waals surface area contributed by atoms with E-state index in [-0.39, 0.29) is 28.4 Å². The number of piperazine rings is 1. The highest BCUT2D eigenvalue weighted by Crippen LogP contribution is 2.30. The van der Waals surface area contributed by atoms with Crippen molar-refractivity contribution in [1.29, 1.82) is 0 Å². The summed E-state index contributed by atoms with van der Waals surface area (Å²) in [4.78, 5) is 31.0. The van der Waals surface area contributed by atoms with Crippen LogP contribution in [0.1, 0.15) is 25.8 Å². The molecule has 1 atom stereocenters. The van der Waals surface area contributed by atoms with Gasteiger partial charge in [-0.3, -0.25) is 9.59 Å². The Morgan fingerprint density at radius 3 is 2.38 bits per heavy atom. The lowest BCUT2D eigenvalue weighted by Crippen LogP contribution is -2.55. The standard InChI is InChI=1S/C26H32FN5O4S/c1-18(28)16-25(33)29-37(35,36)23-8-6-22(7-9-23)30-12-14-31(15-13-30)26(34)19(2)32-11-3-4-20-17-21(27)5-10-24(20)32/h5-10,16-17,19H,3-4,11-15,28H2,1-2H3,(H,29,33)/t19-/m1/s1. The first kappa shape index (κ1) is 26.5.